The van der Waals surface area contributed by atoms with Gasteiger partial charge in [-0.3, -0.25) is 14.5 Å². The number of thioether (sulfide) groups is 1. The van der Waals surface area contributed by atoms with Crippen molar-refractivity contribution in [2.24, 2.45) is 0 Å². The van der Waals surface area contributed by atoms with Crippen molar-refractivity contribution in [3.05, 3.63) is 103 Å². The second-order valence-electron chi connectivity index (χ2n) is 7.07. The number of rotatable bonds is 6. The summed E-state index contributed by atoms with van der Waals surface area (Å²) >= 11 is 16.5. The van der Waals surface area contributed by atoms with Crippen molar-refractivity contribution in [2.45, 2.75) is 13.2 Å². The average Bonchev–Trinajstić information content (AvgIpc) is 3.03. The van der Waals surface area contributed by atoms with Crippen LogP contribution < -0.4 is 4.74 Å². The lowest BCUT2D eigenvalue weighted by Crippen LogP contribution is -2.27. The lowest BCUT2D eigenvalue weighted by atomic mass is 10.2. The summed E-state index contributed by atoms with van der Waals surface area (Å²) in [5, 5.41) is 0.377. The molecule has 3 aromatic carbocycles. The molecule has 1 fully saturated rings. The van der Waals surface area contributed by atoms with Crippen LogP contribution in [0.5, 0.6) is 5.75 Å². The van der Waals surface area contributed by atoms with Gasteiger partial charge in [-0.15, -0.1) is 0 Å². The van der Waals surface area contributed by atoms with Crippen molar-refractivity contribution in [3.63, 3.8) is 0 Å². The van der Waals surface area contributed by atoms with Gasteiger partial charge in [-0.05, 0) is 75.2 Å². The van der Waals surface area contributed by atoms with E-state index in [4.69, 9.17) is 27.9 Å². The van der Waals surface area contributed by atoms with Gasteiger partial charge in [-0.1, -0.05) is 53.5 Å². The number of imide groups is 1. The molecule has 0 N–H and O–H groups in total. The number of nitrogens with zero attached hydrogens (tertiary/aromatic N) is 1. The van der Waals surface area contributed by atoms with Crippen LogP contribution in [0, 0.1) is 5.82 Å². The molecule has 4 rings (SSSR count). The third-order valence-electron chi connectivity index (χ3n) is 4.81. The van der Waals surface area contributed by atoms with Gasteiger partial charge in [0, 0.05) is 15.6 Å². The predicted molar refractivity (Wildman–Crippen MR) is 133 cm³/mol. The van der Waals surface area contributed by atoms with Crippen molar-refractivity contribution < 1.29 is 18.7 Å². The minimum Gasteiger partial charge on any atom is -0.488 e. The smallest absolute Gasteiger partial charge is 0.293 e. The Morgan fingerprint density at radius 1 is 1.00 bits per heavy atom. The van der Waals surface area contributed by atoms with Crippen LogP contribution in [0.1, 0.15) is 16.7 Å². The van der Waals surface area contributed by atoms with E-state index in [0.29, 0.717) is 27.4 Å². The highest BCUT2D eigenvalue weighted by atomic mass is 79.9. The highest BCUT2D eigenvalue weighted by molar-refractivity contribution is 9.10. The van der Waals surface area contributed by atoms with Crippen LogP contribution >= 0.6 is 50.9 Å². The Labute approximate surface area is 212 Å². The Morgan fingerprint density at radius 2 is 1.79 bits per heavy atom. The Balaban J connectivity index is 1.47. The molecule has 168 valence electrons. The lowest BCUT2D eigenvalue weighted by molar-refractivity contribution is -0.123. The van der Waals surface area contributed by atoms with Crippen LogP contribution in [0.15, 0.2) is 70.0 Å². The highest BCUT2D eigenvalue weighted by Gasteiger charge is 2.35. The van der Waals surface area contributed by atoms with Crippen molar-refractivity contribution in [1.29, 1.82) is 0 Å². The van der Waals surface area contributed by atoms with Crippen molar-refractivity contribution in [1.82, 2.24) is 4.90 Å². The van der Waals surface area contributed by atoms with Crippen LogP contribution in [0.3, 0.4) is 0 Å². The van der Waals surface area contributed by atoms with Gasteiger partial charge in [0.15, 0.2) is 0 Å². The van der Waals surface area contributed by atoms with Gasteiger partial charge >= 0.3 is 0 Å². The number of carbonyl (C=O) groups is 2. The Kier molecular flexibility index (Phi) is 7.44. The molecule has 0 aliphatic carbocycles. The van der Waals surface area contributed by atoms with Gasteiger partial charge in [0.25, 0.3) is 11.1 Å². The van der Waals surface area contributed by atoms with Crippen LogP contribution in [0.2, 0.25) is 10.0 Å². The first-order valence-electron chi connectivity index (χ1n) is 9.67. The van der Waals surface area contributed by atoms with E-state index >= 15 is 0 Å². The normalized spacial score (nSPS) is 14.9. The molecule has 0 saturated carbocycles. The molecular weight excluding hydrogens is 552 g/mol. The second kappa shape index (κ2) is 10.3. The van der Waals surface area contributed by atoms with Crippen molar-refractivity contribution in [2.75, 3.05) is 0 Å². The maximum atomic E-state index is 13.3. The number of benzene rings is 3. The molecule has 9 heteroatoms. The zero-order valence-corrected chi connectivity index (χ0v) is 20.8. The highest BCUT2D eigenvalue weighted by Crippen LogP contribution is 2.35. The number of carbonyl (C=O) groups excluding carboxylic acids is 2. The molecule has 0 unspecified atom stereocenters. The molecule has 2 amide bonds. The molecule has 33 heavy (non-hydrogen) atoms. The summed E-state index contributed by atoms with van der Waals surface area (Å²) in [7, 11) is 0. The van der Waals surface area contributed by atoms with Gasteiger partial charge in [-0.25, -0.2) is 4.39 Å². The van der Waals surface area contributed by atoms with E-state index in [-0.39, 0.29) is 16.5 Å². The molecule has 1 aliphatic rings. The number of hydrogen-bond donors (Lipinski definition) is 0. The minimum absolute atomic E-state index is 0.0281. The fourth-order valence-corrected chi connectivity index (χ4v) is 4.87. The molecule has 3 aromatic rings. The van der Waals surface area contributed by atoms with E-state index in [1.807, 2.05) is 18.2 Å². The summed E-state index contributed by atoms with van der Waals surface area (Å²) in [5.41, 5.74) is 2.08. The Bertz CT molecular complexity index is 1280. The molecule has 1 aliphatic heterocycles. The quantitative estimate of drug-likeness (QED) is 0.287. The predicted octanol–water partition coefficient (Wildman–Crippen LogP) is 7.71. The first kappa shape index (κ1) is 23.8. The van der Waals surface area contributed by atoms with Gasteiger partial charge in [0.05, 0.1) is 15.9 Å². The molecule has 4 nitrogen and oxygen atoms in total. The molecule has 0 spiro atoms. The number of halogens is 4. The molecule has 0 aromatic heterocycles. The third kappa shape index (κ3) is 5.61. The van der Waals surface area contributed by atoms with Crippen molar-refractivity contribution >= 4 is 68.1 Å². The lowest BCUT2D eigenvalue weighted by Gasteiger charge is -2.13. The molecule has 0 radical (unpaired) electrons. The van der Waals surface area contributed by atoms with Crippen LogP contribution in [-0.2, 0) is 17.9 Å². The van der Waals surface area contributed by atoms with E-state index in [1.54, 1.807) is 30.3 Å². The van der Waals surface area contributed by atoms with Gasteiger partial charge in [-0.2, -0.15) is 0 Å². The monoisotopic (exact) mass is 565 g/mol. The maximum Gasteiger partial charge on any atom is 0.293 e. The average molecular weight is 567 g/mol. The summed E-state index contributed by atoms with van der Waals surface area (Å²) in [4.78, 5) is 26.6. The maximum absolute atomic E-state index is 13.3. The Morgan fingerprint density at radius 3 is 2.52 bits per heavy atom. The van der Waals surface area contributed by atoms with E-state index in [0.717, 1.165) is 33.9 Å². The number of ether oxygens (including phenoxy) is 1. The second-order valence-corrected chi connectivity index (χ2v) is 9.74. The van der Waals surface area contributed by atoms with Crippen molar-refractivity contribution in [3.8, 4) is 5.75 Å². The van der Waals surface area contributed by atoms with Crippen LogP contribution in [-0.4, -0.2) is 16.0 Å². The fourth-order valence-electron chi connectivity index (χ4n) is 3.10. The topological polar surface area (TPSA) is 46.6 Å². The first-order valence-corrected chi connectivity index (χ1v) is 12.0. The fraction of sp³-hybridized carbons (Fsp3) is 0.0833. The molecule has 1 heterocycles. The SMILES string of the molecule is O=C1S/C(=C/c2ccc(OCc3ccccc3Cl)c(Br)c2)C(=O)N1Cc1ccc(F)cc1Cl. The molecule has 1 saturated heterocycles. The Hall–Kier alpha value is -2.32. The third-order valence-corrected chi connectivity index (χ3v) is 7.06. The van der Waals surface area contributed by atoms with Gasteiger partial charge < -0.3 is 4.74 Å². The molecular formula is C24H15BrCl2FNO3S. The van der Waals surface area contributed by atoms with Gasteiger partial charge in [0.1, 0.15) is 18.2 Å². The van der Waals surface area contributed by atoms with E-state index in [1.165, 1.54) is 12.1 Å². The zero-order valence-electron chi connectivity index (χ0n) is 16.9. The summed E-state index contributed by atoms with van der Waals surface area (Å²) in [6.07, 6.45) is 1.64. The van der Waals surface area contributed by atoms with E-state index in [9.17, 15) is 14.0 Å². The summed E-state index contributed by atoms with van der Waals surface area (Å²) in [5.74, 6) is -0.297. The number of hydrogen-bond acceptors (Lipinski definition) is 4. The van der Waals surface area contributed by atoms with E-state index in [2.05, 4.69) is 15.9 Å². The van der Waals surface area contributed by atoms with E-state index < -0.39 is 17.0 Å². The first-order chi connectivity index (χ1) is 15.8. The summed E-state index contributed by atoms with van der Waals surface area (Å²) in [6, 6.07) is 16.6. The van der Waals surface area contributed by atoms with Crippen LogP contribution in [0.4, 0.5) is 9.18 Å². The number of amides is 2. The standard InChI is InChI=1S/C24H15BrCl2FNO3S/c25-18-9-14(5-8-21(18)32-13-16-3-1-2-4-19(16)26)10-22-23(30)29(24(31)33-22)12-15-6-7-17(28)11-20(15)27/h1-11H,12-13H2/b22-10+. The van der Waals surface area contributed by atoms with Crippen LogP contribution in [0.25, 0.3) is 6.08 Å². The minimum atomic E-state index is -0.484. The summed E-state index contributed by atoms with van der Waals surface area (Å²) in [6.45, 7) is 0.280. The largest absolute Gasteiger partial charge is 0.488 e. The molecule has 0 atom stereocenters. The zero-order chi connectivity index (χ0) is 23.5. The molecule has 0 bridgehead atoms. The van der Waals surface area contributed by atoms with Gasteiger partial charge in [0.2, 0.25) is 0 Å². The summed E-state index contributed by atoms with van der Waals surface area (Å²) < 4.78 is 19.8.